The summed E-state index contributed by atoms with van der Waals surface area (Å²) in [6.07, 6.45) is 2.99. The average molecular weight is 267 g/mol. The molecule has 1 aliphatic rings. The summed E-state index contributed by atoms with van der Waals surface area (Å²) < 4.78 is 13.3. The number of halogens is 1. The molecule has 2 N–H and O–H groups in total. The van der Waals surface area contributed by atoms with Crippen LogP contribution < -0.4 is 4.90 Å². The van der Waals surface area contributed by atoms with Crippen molar-refractivity contribution in [1.29, 1.82) is 0 Å². The molecule has 0 heterocycles. The van der Waals surface area contributed by atoms with Crippen LogP contribution in [-0.4, -0.2) is 29.4 Å². The molecule has 106 valence electrons. The van der Waals surface area contributed by atoms with Crippen LogP contribution in [0.5, 0.6) is 0 Å². The van der Waals surface area contributed by atoms with Crippen LogP contribution in [0.3, 0.4) is 0 Å². The minimum Gasteiger partial charge on any atom is -0.389 e. The summed E-state index contributed by atoms with van der Waals surface area (Å²) in [7, 11) is 1.87. The largest absolute Gasteiger partial charge is 0.389 e. The summed E-state index contributed by atoms with van der Waals surface area (Å²) in [4.78, 5) is 1.91. The van der Waals surface area contributed by atoms with E-state index in [0.29, 0.717) is 12.1 Å². The minimum absolute atomic E-state index is 0.354. The number of benzene rings is 1. The summed E-state index contributed by atoms with van der Waals surface area (Å²) >= 11 is 0. The van der Waals surface area contributed by atoms with Gasteiger partial charge in [-0.3, -0.25) is 0 Å². The predicted octanol–water partition coefficient (Wildman–Crippen LogP) is 2.62. The number of nitrogens with zero attached hydrogens (tertiary/aromatic N) is 1. The smallest absolute Gasteiger partial charge is 0.123 e. The van der Waals surface area contributed by atoms with E-state index in [2.05, 4.69) is 0 Å². The van der Waals surface area contributed by atoms with E-state index in [9.17, 15) is 14.6 Å². The Hall–Kier alpha value is -1.13. The van der Waals surface area contributed by atoms with Gasteiger partial charge in [-0.2, -0.15) is 0 Å². The maximum absolute atomic E-state index is 13.3. The van der Waals surface area contributed by atoms with Crippen LogP contribution in [0.4, 0.5) is 10.1 Å². The third kappa shape index (κ3) is 3.25. The SMILES string of the molecule is C[C@@H](O)c1cc(F)ccc1N(C)CC1(O)CCCC1. The van der Waals surface area contributed by atoms with Crippen LogP contribution in [0.2, 0.25) is 0 Å². The molecule has 1 aliphatic carbocycles. The summed E-state index contributed by atoms with van der Waals surface area (Å²) in [6.45, 7) is 2.13. The Kier molecular flexibility index (Phi) is 4.11. The van der Waals surface area contributed by atoms with Gasteiger partial charge >= 0.3 is 0 Å². The van der Waals surface area contributed by atoms with E-state index in [1.807, 2.05) is 11.9 Å². The van der Waals surface area contributed by atoms with Crippen molar-refractivity contribution < 1.29 is 14.6 Å². The second-order valence-corrected chi connectivity index (χ2v) is 5.67. The second-order valence-electron chi connectivity index (χ2n) is 5.67. The minimum atomic E-state index is -0.730. The van der Waals surface area contributed by atoms with E-state index in [-0.39, 0.29) is 5.82 Å². The molecule has 4 heteroatoms. The molecule has 0 aromatic heterocycles. The van der Waals surface area contributed by atoms with Gasteiger partial charge in [0.15, 0.2) is 0 Å². The first-order valence-electron chi connectivity index (χ1n) is 6.82. The lowest BCUT2D eigenvalue weighted by Gasteiger charge is -2.31. The van der Waals surface area contributed by atoms with Crippen molar-refractivity contribution in [2.45, 2.75) is 44.3 Å². The molecule has 2 rings (SSSR count). The average Bonchev–Trinajstić information content (AvgIpc) is 2.75. The number of anilines is 1. The highest BCUT2D eigenvalue weighted by Crippen LogP contribution is 2.33. The van der Waals surface area contributed by atoms with Crippen LogP contribution >= 0.6 is 0 Å². The topological polar surface area (TPSA) is 43.7 Å². The Morgan fingerprint density at radius 2 is 2.00 bits per heavy atom. The van der Waals surface area contributed by atoms with Crippen LogP contribution in [0.1, 0.15) is 44.3 Å². The molecule has 0 amide bonds. The lowest BCUT2D eigenvalue weighted by Crippen LogP contribution is -2.39. The van der Waals surface area contributed by atoms with Crippen molar-refractivity contribution in [1.82, 2.24) is 0 Å². The van der Waals surface area contributed by atoms with Crippen LogP contribution in [0.25, 0.3) is 0 Å². The van der Waals surface area contributed by atoms with Crippen LogP contribution in [0, 0.1) is 5.82 Å². The second kappa shape index (κ2) is 5.47. The molecular formula is C15H22FNO2. The highest BCUT2D eigenvalue weighted by molar-refractivity contribution is 5.54. The Morgan fingerprint density at radius 3 is 2.58 bits per heavy atom. The molecule has 3 nitrogen and oxygen atoms in total. The zero-order valence-corrected chi connectivity index (χ0v) is 11.6. The summed E-state index contributed by atoms with van der Waals surface area (Å²) in [5, 5.41) is 20.2. The molecule has 1 fully saturated rings. The molecule has 0 aliphatic heterocycles. The molecule has 0 bridgehead atoms. The summed E-state index contributed by atoms with van der Waals surface area (Å²) in [5.41, 5.74) is 0.680. The third-order valence-electron chi connectivity index (χ3n) is 3.92. The van der Waals surface area contributed by atoms with E-state index in [1.165, 1.54) is 12.1 Å². The first-order chi connectivity index (χ1) is 8.91. The number of likely N-dealkylation sites (N-methyl/N-ethyl adjacent to an activating group) is 1. The molecular weight excluding hydrogens is 245 g/mol. The molecule has 1 aromatic carbocycles. The van der Waals surface area contributed by atoms with Crippen LogP contribution in [-0.2, 0) is 0 Å². The van der Waals surface area contributed by atoms with Gasteiger partial charge < -0.3 is 15.1 Å². The fourth-order valence-corrected chi connectivity index (χ4v) is 2.93. The van der Waals surface area contributed by atoms with E-state index in [1.54, 1.807) is 13.0 Å². The van der Waals surface area contributed by atoms with Crippen molar-refractivity contribution in [3.8, 4) is 0 Å². The fourth-order valence-electron chi connectivity index (χ4n) is 2.93. The van der Waals surface area contributed by atoms with E-state index in [4.69, 9.17) is 0 Å². The number of hydrogen-bond acceptors (Lipinski definition) is 3. The number of rotatable bonds is 4. The molecule has 0 saturated heterocycles. The molecule has 0 radical (unpaired) electrons. The highest BCUT2D eigenvalue weighted by atomic mass is 19.1. The number of aliphatic hydroxyl groups excluding tert-OH is 1. The maximum atomic E-state index is 13.3. The van der Waals surface area contributed by atoms with Gasteiger partial charge in [0.1, 0.15) is 5.82 Å². The lowest BCUT2D eigenvalue weighted by atomic mass is 10.0. The Balaban J connectivity index is 2.20. The standard InChI is InChI=1S/C15H22FNO2/c1-11(18)13-9-12(16)5-6-14(13)17(2)10-15(19)7-3-4-8-15/h5-6,9,11,18-19H,3-4,7-8,10H2,1-2H3/t11-/m1/s1. The Bertz CT molecular complexity index is 442. The summed E-state index contributed by atoms with van der Waals surface area (Å²) in [6, 6.07) is 4.40. The first kappa shape index (κ1) is 14.3. The molecule has 0 spiro atoms. The molecule has 1 aromatic rings. The van der Waals surface area contributed by atoms with Gasteiger partial charge in [0.2, 0.25) is 0 Å². The van der Waals surface area contributed by atoms with Gasteiger partial charge in [-0.1, -0.05) is 12.8 Å². The van der Waals surface area contributed by atoms with Crippen molar-refractivity contribution in [3.63, 3.8) is 0 Å². The van der Waals surface area contributed by atoms with E-state index in [0.717, 1.165) is 31.4 Å². The zero-order chi connectivity index (χ0) is 14.0. The van der Waals surface area contributed by atoms with Gasteiger partial charge in [0.25, 0.3) is 0 Å². The fraction of sp³-hybridized carbons (Fsp3) is 0.600. The molecule has 1 saturated carbocycles. The molecule has 0 unspecified atom stereocenters. The van der Waals surface area contributed by atoms with Gasteiger partial charge in [-0.05, 0) is 38.0 Å². The van der Waals surface area contributed by atoms with Gasteiger partial charge in [0, 0.05) is 24.8 Å². The van der Waals surface area contributed by atoms with Crippen molar-refractivity contribution in [2.24, 2.45) is 0 Å². The first-order valence-corrected chi connectivity index (χ1v) is 6.82. The Morgan fingerprint density at radius 1 is 1.37 bits per heavy atom. The van der Waals surface area contributed by atoms with Crippen molar-refractivity contribution >= 4 is 5.69 Å². The van der Waals surface area contributed by atoms with Crippen molar-refractivity contribution in [2.75, 3.05) is 18.5 Å². The number of aliphatic hydroxyl groups is 2. The predicted molar refractivity (Wildman–Crippen MR) is 73.7 cm³/mol. The monoisotopic (exact) mass is 267 g/mol. The van der Waals surface area contributed by atoms with Crippen LogP contribution in [0.15, 0.2) is 18.2 Å². The maximum Gasteiger partial charge on any atom is 0.123 e. The Labute approximate surface area is 113 Å². The quantitative estimate of drug-likeness (QED) is 0.881. The molecule has 19 heavy (non-hydrogen) atoms. The van der Waals surface area contributed by atoms with Gasteiger partial charge in [0.05, 0.1) is 11.7 Å². The highest BCUT2D eigenvalue weighted by Gasteiger charge is 2.32. The lowest BCUT2D eigenvalue weighted by molar-refractivity contribution is 0.0558. The number of hydrogen-bond donors (Lipinski definition) is 2. The van der Waals surface area contributed by atoms with E-state index < -0.39 is 11.7 Å². The van der Waals surface area contributed by atoms with Gasteiger partial charge in [-0.25, -0.2) is 4.39 Å². The third-order valence-corrected chi connectivity index (χ3v) is 3.92. The molecule has 1 atom stereocenters. The zero-order valence-electron chi connectivity index (χ0n) is 11.6. The van der Waals surface area contributed by atoms with Gasteiger partial charge in [-0.15, -0.1) is 0 Å². The summed E-state index contributed by atoms with van der Waals surface area (Å²) in [5.74, 6) is -0.354. The normalized spacial score (nSPS) is 19.4. The van der Waals surface area contributed by atoms with E-state index >= 15 is 0 Å². The van der Waals surface area contributed by atoms with Crippen molar-refractivity contribution in [3.05, 3.63) is 29.6 Å².